The molecule has 5 rings (SSSR count). The Balaban J connectivity index is 0.00000259. The Morgan fingerprint density at radius 1 is 1.16 bits per heavy atom. The fraction of sp³-hybridized carbons (Fsp3) is 0.200. The predicted molar refractivity (Wildman–Crippen MR) is 125 cm³/mol. The zero-order chi connectivity index (χ0) is 22.1. The molecule has 0 saturated carbocycles. The molecule has 4 aromatic rings. The number of benzene rings is 2. The summed E-state index contributed by atoms with van der Waals surface area (Å²) in [5, 5.41) is 14.2. The van der Waals surface area contributed by atoms with Gasteiger partial charge in [-0.1, -0.05) is 24.3 Å². The van der Waals surface area contributed by atoms with E-state index in [0.29, 0.717) is 31.0 Å². The van der Waals surface area contributed by atoms with Crippen LogP contribution in [0.5, 0.6) is 5.75 Å². The van der Waals surface area contributed by atoms with E-state index in [4.69, 9.17) is 9.97 Å². The SMILES string of the molecule is Cc1ccc2c(N3CC(C(=O)NCc4cccnc4)C3)nc(-c3ccccc3O)nc2c1.[HH]. The van der Waals surface area contributed by atoms with E-state index in [2.05, 4.69) is 15.2 Å². The number of aryl methyl sites for hydroxylation is 1. The molecule has 2 aromatic carbocycles. The van der Waals surface area contributed by atoms with Crippen molar-refractivity contribution in [3.05, 3.63) is 78.1 Å². The van der Waals surface area contributed by atoms with Crippen LogP contribution < -0.4 is 10.2 Å². The first kappa shape index (κ1) is 19.9. The third kappa shape index (κ3) is 3.85. The predicted octanol–water partition coefficient (Wildman–Crippen LogP) is 3.70. The molecule has 162 valence electrons. The van der Waals surface area contributed by atoms with Crippen LogP contribution in [-0.4, -0.2) is 39.1 Å². The molecule has 1 amide bonds. The Kier molecular flexibility index (Phi) is 5.15. The number of nitrogens with zero attached hydrogens (tertiary/aromatic N) is 4. The number of pyridine rings is 1. The van der Waals surface area contributed by atoms with Crippen molar-refractivity contribution in [3.8, 4) is 17.1 Å². The molecule has 1 aliphatic rings. The smallest absolute Gasteiger partial charge is 0.226 e. The molecular weight excluding hydrogens is 402 g/mol. The number of rotatable bonds is 5. The summed E-state index contributed by atoms with van der Waals surface area (Å²) < 4.78 is 0. The number of fused-ring (bicyclic) bond motifs is 1. The fourth-order valence-electron chi connectivity index (χ4n) is 3.90. The summed E-state index contributed by atoms with van der Waals surface area (Å²) in [6.07, 6.45) is 3.47. The number of amides is 1. The normalized spacial score (nSPS) is 13.7. The minimum atomic E-state index is -0.101. The molecule has 1 fully saturated rings. The first-order chi connectivity index (χ1) is 15.6. The van der Waals surface area contributed by atoms with Gasteiger partial charge in [0.2, 0.25) is 5.91 Å². The van der Waals surface area contributed by atoms with Crippen LogP contribution in [0.2, 0.25) is 0 Å². The van der Waals surface area contributed by atoms with Crippen LogP contribution in [0.4, 0.5) is 5.82 Å². The second-order valence-corrected chi connectivity index (χ2v) is 8.09. The maximum absolute atomic E-state index is 12.6. The lowest BCUT2D eigenvalue weighted by molar-refractivity contribution is -0.125. The lowest BCUT2D eigenvalue weighted by atomic mass is 9.98. The van der Waals surface area contributed by atoms with E-state index >= 15 is 0 Å². The Morgan fingerprint density at radius 2 is 2.00 bits per heavy atom. The molecule has 3 heterocycles. The molecule has 0 unspecified atom stereocenters. The zero-order valence-electron chi connectivity index (χ0n) is 17.7. The number of hydrogen-bond donors (Lipinski definition) is 2. The van der Waals surface area contributed by atoms with Gasteiger partial charge >= 0.3 is 0 Å². The average molecular weight is 428 g/mol. The number of aromatic nitrogens is 3. The van der Waals surface area contributed by atoms with Gasteiger partial charge in [0.15, 0.2) is 5.82 Å². The summed E-state index contributed by atoms with van der Waals surface area (Å²) >= 11 is 0. The fourth-order valence-corrected chi connectivity index (χ4v) is 3.90. The summed E-state index contributed by atoms with van der Waals surface area (Å²) in [4.78, 5) is 28.3. The lowest BCUT2D eigenvalue weighted by Gasteiger charge is -2.39. The third-order valence-electron chi connectivity index (χ3n) is 5.72. The van der Waals surface area contributed by atoms with Crippen molar-refractivity contribution in [2.24, 2.45) is 5.92 Å². The molecule has 0 atom stereocenters. The highest BCUT2D eigenvalue weighted by molar-refractivity contribution is 5.93. The standard InChI is InChI=1S/C25H23N5O2.H2/c1-16-8-9-19-21(11-16)28-23(20-6-2-3-7-22(20)31)29-24(19)30-14-18(15-30)25(32)27-13-17-5-4-10-26-12-17;/h2-12,18,31H,13-15H2,1H3,(H,27,32);1H. The maximum atomic E-state index is 12.6. The van der Waals surface area contributed by atoms with Crippen LogP contribution in [0.25, 0.3) is 22.3 Å². The average Bonchev–Trinajstić information content (AvgIpc) is 2.77. The Morgan fingerprint density at radius 3 is 2.78 bits per heavy atom. The summed E-state index contributed by atoms with van der Waals surface area (Å²) in [7, 11) is 0. The number of para-hydroxylation sites is 1. The molecule has 0 aliphatic carbocycles. The molecule has 1 saturated heterocycles. The Labute approximate surface area is 187 Å². The monoisotopic (exact) mass is 427 g/mol. The molecule has 7 nitrogen and oxygen atoms in total. The molecule has 0 spiro atoms. The van der Waals surface area contributed by atoms with Crippen molar-refractivity contribution < 1.29 is 11.3 Å². The van der Waals surface area contributed by atoms with Gasteiger partial charge in [0.25, 0.3) is 0 Å². The summed E-state index contributed by atoms with van der Waals surface area (Å²) in [5.41, 5.74) is 3.48. The highest BCUT2D eigenvalue weighted by atomic mass is 16.3. The van der Waals surface area contributed by atoms with Crippen LogP contribution in [-0.2, 0) is 11.3 Å². The Bertz CT molecular complexity index is 1290. The highest BCUT2D eigenvalue weighted by Gasteiger charge is 2.34. The van der Waals surface area contributed by atoms with Gasteiger partial charge in [0.05, 0.1) is 17.0 Å². The minimum Gasteiger partial charge on any atom is -0.507 e. The number of phenols is 1. The summed E-state index contributed by atoms with van der Waals surface area (Å²) in [5.74, 6) is 1.32. The second kappa shape index (κ2) is 8.26. The van der Waals surface area contributed by atoms with Crippen molar-refractivity contribution in [1.29, 1.82) is 0 Å². The molecule has 0 bridgehead atoms. The number of phenolic OH excluding ortho intramolecular Hbond substituents is 1. The van der Waals surface area contributed by atoms with Gasteiger partial charge in [-0.25, -0.2) is 9.97 Å². The topological polar surface area (TPSA) is 91.2 Å². The molecule has 7 heteroatoms. The maximum Gasteiger partial charge on any atom is 0.226 e. The summed E-state index contributed by atoms with van der Waals surface area (Å²) in [6, 6.07) is 16.9. The van der Waals surface area contributed by atoms with Crippen molar-refractivity contribution in [2.45, 2.75) is 13.5 Å². The molecular formula is C25H25N5O2. The van der Waals surface area contributed by atoms with Crippen LogP contribution in [0.15, 0.2) is 67.0 Å². The van der Waals surface area contributed by atoms with Crippen LogP contribution >= 0.6 is 0 Å². The van der Waals surface area contributed by atoms with E-state index in [1.165, 1.54) is 0 Å². The quantitative estimate of drug-likeness (QED) is 0.505. The number of carbonyl (C=O) groups excluding carboxylic acids is 1. The van der Waals surface area contributed by atoms with E-state index < -0.39 is 0 Å². The van der Waals surface area contributed by atoms with Gasteiger partial charge in [-0.15, -0.1) is 0 Å². The van der Waals surface area contributed by atoms with Gasteiger partial charge in [-0.2, -0.15) is 0 Å². The molecule has 1 aliphatic heterocycles. The molecule has 2 N–H and O–H groups in total. The van der Waals surface area contributed by atoms with Crippen LogP contribution in [0, 0.1) is 12.8 Å². The van der Waals surface area contributed by atoms with Crippen molar-refractivity contribution >= 4 is 22.6 Å². The first-order valence-corrected chi connectivity index (χ1v) is 10.6. The first-order valence-electron chi connectivity index (χ1n) is 10.6. The number of carbonyl (C=O) groups is 1. The number of nitrogens with one attached hydrogen (secondary N) is 1. The lowest BCUT2D eigenvalue weighted by Crippen LogP contribution is -2.54. The largest absolute Gasteiger partial charge is 0.507 e. The molecule has 2 aromatic heterocycles. The third-order valence-corrected chi connectivity index (χ3v) is 5.72. The highest BCUT2D eigenvalue weighted by Crippen LogP contribution is 2.34. The van der Waals surface area contributed by atoms with Gasteiger partial charge in [0.1, 0.15) is 11.6 Å². The number of aromatic hydroxyl groups is 1. The van der Waals surface area contributed by atoms with Gasteiger partial charge in [-0.05, 0) is 48.4 Å². The van der Waals surface area contributed by atoms with Crippen molar-refractivity contribution in [2.75, 3.05) is 18.0 Å². The molecule has 32 heavy (non-hydrogen) atoms. The van der Waals surface area contributed by atoms with E-state index in [-0.39, 0.29) is 19.0 Å². The van der Waals surface area contributed by atoms with Crippen LogP contribution in [0.1, 0.15) is 12.6 Å². The zero-order valence-corrected chi connectivity index (χ0v) is 17.7. The van der Waals surface area contributed by atoms with Gasteiger partial charge < -0.3 is 15.3 Å². The minimum absolute atomic E-state index is 0. The number of hydrogen-bond acceptors (Lipinski definition) is 6. The van der Waals surface area contributed by atoms with E-state index in [0.717, 1.165) is 27.8 Å². The van der Waals surface area contributed by atoms with E-state index in [1.54, 1.807) is 30.6 Å². The van der Waals surface area contributed by atoms with Crippen molar-refractivity contribution in [1.82, 2.24) is 20.3 Å². The number of anilines is 1. The summed E-state index contributed by atoms with van der Waals surface area (Å²) in [6.45, 7) is 3.65. The van der Waals surface area contributed by atoms with Crippen LogP contribution in [0.3, 0.4) is 0 Å². The Hall–Kier alpha value is -4.00. The molecule has 0 radical (unpaired) electrons. The van der Waals surface area contributed by atoms with Gasteiger partial charge in [-0.3, -0.25) is 9.78 Å². The van der Waals surface area contributed by atoms with E-state index in [9.17, 15) is 9.90 Å². The van der Waals surface area contributed by atoms with E-state index in [1.807, 2.05) is 43.3 Å². The second-order valence-electron chi connectivity index (χ2n) is 8.09. The van der Waals surface area contributed by atoms with Gasteiger partial charge in [0, 0.05) is 38.8 Å². The van der Waals surface area contributed by atoms with Crippen molar-refractivity contribution in [3.63, 3.8) is 0 Å².